The van der Waals surface area contributed by atoms with E-state index in [0.717, 1.165) is 24.2 Å². The van der Waals surface area contributed by atoms with Crippen molar-refractivity contribution in [3.63, 3.8) is 0 Å². The minimum atomic E-state index is -0.469. The van der Waals surface area contributed by atoms with Gasteiger partial charge in [0.15, 0.2) is 0 Å². The van der Waals surface area contributed by atoms with Gasteiger partial charge in [-0.2, -0.15) is 0 Å². The van der Waals surface area contributed by atoms with E-state index < -0.39 is 5.60 Å². The molecule has 0 atom stereocenters. The van der Waals surface area contributed by atoms with Gasteiger partial charge in [0, 0.05) is 19.3 Å². The van der Waals surface area contributed by atoms with Gasteiger partial charge in [-0.3, -0.25) is 0 Å². The third-order valence-corrected chi connectivity index (χ3v) is 3.23. The third kappa shape index (κ3) is 6.83. The van der Waals surface area contributed by atoms with Gasteiger partial charge in [-0.05, 0) is 38.8 Å². The van der Waals surface area contributed by atoms with Crippen LogP contribution in [0.4, 0.5) is 10.5 Å². The topological polar surface area (TPSA) is 41.6 Å². The summed E-state index contributed by atoms with van der Waals surface area (Å²) >= 11 is 0. The van der Waals surface area contributed by atoms with Crippen LogP contribution in [0.25, 0.3) is 0 Å². The molecule has 0 aromatic heterocycles. The first-order valence-electron chi connectivity index (χ1n) is 8.09. The summed E-state index contributed by atoms with van der Waals surface area (Å²) in [5.74, 6) is 0. The van der Waals surface area contributed by atoms with E-state index in [4.69, 9.17) is 4.74 Å². The van der Waals surface area contributed by atoms with Crippen LogP contribution in [0, 0.1) is 0 Å². The zero-order chi connectivity index (χ0) is 16.6. The van der Waals surface area contributed by atoms with Gasteiger partial charge in [0.2, 0.25) is 0 Å². The molecule has 0 aliphatic heterocycles. The van der Waals surface area contributed by atoms with Gasteiger partial charge < -0.3 is 15.0 Å². The van der Waals surface area contributed by atoms with Crippen LogP contribution in [-0.4, -0.2) is 30.2 Å². The number of rotatable bonds is 7. The van der Waals surface area contributed by atoms with Crippen LogP contribution in [-0.2, 0) is 11.3 Å². The SMILES string of the molecule is CCCCCNc1ccccc1CN(C)C(=O)OC(C)(C)C. The highest BCUT2D eigenvalue weighted by atomic mass is 16.6. The summed E-state index contributed by atoms with van der Waals surface area (Å²) in [5, 5.41) is 3.46. The number of carbonyl (C=O) groups excluding carboxylic acids is 1. The molecule has 0 heterocycles. The van der Waals surface area contributed by atoms with Gasteiger partial charge in [0.25, 0.3) is 0 Å². The molecule has 4 heteroatoms. The largest absolute Gasteiger partial charge is 0.444 e. The molecule has 1 aromatic rings. The fraction of sp³-hybridized carbons (Fsp3) is 0.611. The van der Waals surface area contributed by atoms with E-state index in [1.165, 1.54) is 12.8 Å². The zero-order valence-electron chi connectivity index (χ0n) is 14.6. The number of nitrogens with zero attached hydrogens (tertiary/aromatic N) is 1. The average Bonchev–Trinajstić information content (AvgIpc) is 2.43. The van der Waals surface area contributed by atoms with E-state index in [1.807, 2.05) is 39.0 Å². The first kappa shape index (κ1) is 18.3. The van der Waals surface area contributed by atoms with E-state index in [2.05, 4.69) is 18.3 Å². The number of hydrogen-bond acceptors (Lipinski definition) is 3. The molecule has 124 valence electrons. The Morgan fingerprint density at radius 1 is 1.23 bits per heavy atom. The van der Waals surface area contributed by atoms with E-state index in [9.17, 15) is 4.79 Å². The molecule has 1 aromatic carbocycles. The minimum Gasteiger partial charge on any atom is -0.444 e. The van der Waals surface area contributed by atoms with Crippen LogP contribution < -0.4 is 5.32 Å². The summed E-state index contributed by atoms with van der Waals surface area (Å²) in [6.45, 7) is 9.32. The van der Waals surface area contributed by atoms with E-state index >= 15 is 0 Å². The molecule has 1 rings (SSSR count). The molecule has 0 aliphatic carbocycles. The maximum absolute atomic E-state index is 12.1. The number of para-hydroxylation sites is 1. The number of nitrogens with one attached hydrogen (secondary N) is 1. The summed E-state index contributed by atoms with van der Waals surface area (Å²) in [6, 6.07) is 8.11. The molecule has 0 bridgehead atoms. The van der Waals surface area contributed by atoms with Gasteiger partial charge in [0.05, 0.1) is 6.54 Å². The van der Waals surface area contributed by atoms with Crippen LogP contribution in [0.5, 0.6) is 0 Å². The second-order valence-corrected chi connectivity index (χ2v) is 6.63. The Hall–Kier alpha value is -1.71. The first-order chi connectivity index (χ1) is 10.3. The lowest BCUT2D eigenvalue weighted by Gasteiger charge is -2.25. The van der Waals surface area contributed by atoms with Crippen LogP contribution in [0.1, 0.15) is 52.5 Å². The lowest BCUT2D eigenvalue weighted by Crippen LogP contribution is -2.34. The predicted molar refractivity (Wildman–Crippen MR) is 92.2 cm³/mol. The Bertz CT molecular complexity index is 466. The molecule has 0 unspecified atom stereocenters. The van der Waals surface area contributed by atoms with Crippen molar-refractivity contribution in [2.75, 3.05) is 18.9 Å². The summed E-state index contributed by atoms with van der Waals surface area (Å²) in [7, 11) is 1.77. The molecule has 0 saturated carbocycles. The van der Waals surface area contributed by atoms with E-state index in [0.29, 0.717) is 6.54 Å². The summed E-state index contributed by atoms with van der Waals surface area (Å²) in [4.78, 5) is 13.7. The summed E-state index contributed by atoms with van der Waals surface area (Å²) < 4.78 is 5.39. The number of unbranched alkanes of at least 4 members (excludes halogenated alkanes) is 2. The fourth-order valence-corrected chi connectivity index (χ4v) is 2.09. The number of amides is 1. The molecule has 1 N–H and O–H groups in total. The van der Waals surface area contributed by atoms with Crippen molar-refractivity contribution in [1.29, 1.82) is 0 Å². The Labute approximate surface area is 134 Å². The van der Waals surface area contributed by atoms with Crippen molar-refractivity contribution in [2.24, 2.45) is 0 Å². The Morgan fingerprint density at radius 2 is 1.91 bits per heavy atom. The molecule has 0 spiro atoms. The number of benzene rings is 1. The Morgan fingerprint density at radius 3 is 2.55 bits per heavy atom. The molecule has 0 radical (unpaired) electrons. The molecule has 1 amide bonds. The standard InChI is InChI=1S/C18H30N2O2/c1-6-7-10-13-19-16-12-9-8-11-15(16)14-20(5)17(21)22-18(2,3)4/h8-9,11-12,19H,6-7,10,13-14H2,1-5H3. The lowest BCUT2D eigenvalue weighted by molar-refractivity contribution is 0.0285. The van der Waals surface area contributed by atoms with Gasteiger partial charge >= 0.3 is 6.09 Å². The minimum absolute atomic E-state index is 0.298. The monoisotopic (exact) mass is 306 g/mol. The molecule has 22 heavy (non-hydrogen) atoms. The van der Waals surface area contributed by atoms with Crippen molar-refractivity contribution < 1.29 is 9.53 Å². The highest BCUT2D eigenvalue weighted by molar-refractivity contribution is 5.68. The van der Waals surface area contributed by atoms with Crippen molar-refractivity contribution >= 4 is 11.8 Å². The lowest BCUT2D eigenvalue weighted by atomic mass is 10.1. The quantitative estimate of drug-likeness (QED) is 0.745. The first-order valence-corrected chi connectivity index (χ1v) is 8.09. The van der Waals surface area contributed by atoms with Gasteiger partial charge in [-0.1, -0.05) is 38.0 Å². The van der Waals surface area contributed by atoms with Crippen LogP contribution >= 0.6 is 0 Å². The molecule has 4 nitrogen and oxygen atoms in total. The van der Waals surface area contributed by atoms with E-state index in [-0.39, 0.29) is 6.09 Å². The fourth-order valence-electron chi connectivity index (χ4n) is 2.09. The number of hydrogen-bond donors (Lipinski definition) is 1. The number of anilines is 1. The third-order valence-electron chi connectivity index (χ3n) is 3.23. The molecular formula is C18H30N2O2. The second-order valence-electron chi connectivity index (χ2n) is 6.63. The molecule has 0 aliphatic rings. The van der Waals surface area contributed by atoms with Crippen LogP contribution in [0.15, 0.2) is 24.3 Å². The van der Waals surface area contributed by atoms with Gasteiger partial charge in [-0.25, -0.2) is 4.79 Å². The van der Waals surface area contributed by atoms with Crippen molar-refractivity contribution in [3.05, 3.63) is 29.8 Å². The maximum Gasteiger partial charge on any atom is 0.410 e. The smallest absolute Gasteiger partial charge is 0.410 e. The second kappa shape index (κ2) is 8.66. The van der Waals surface area contributed by atoms with Crippen molar-refractivity contribution in [2.45, 2.75) is 59.1 Å². The van der Waals surface area contributed by atoms with Crippen LogP contribution in [0.3, 0.4) is 0 Å². The molecule has 0 fully saturated rings. The number of ether oxygens (including phenoxy) is 1. The zero-order valence-corrected chi connectivity index (χ0v) is 14.6. The van der Waals surface area contributed by atoms with Gasteiger partial charge in [-0.15, -0.1) is 0 Å². The summed E-state index contributed by atoms with van der Waals surface area (Å²) in [5.41, 5.74) is 1.73. The average molecular weight is 306 g/mol. The highest BCUT2D eigenvalue weighted by Crippen LogP contribution is 2.18. The number of carbonyl (C=O) groups is 1. The maximum atomic E-state index is 12.1. The normalized spacial score (nSPS) is 11.1. The predicted octanol–water partition coefficient (Wildman–Crippen LogP) is 4.66. The van der Waals surface area contributed by atoms with Crippen LogP contribution in [0.2, 0.25) is 0 Å². The summed E-state index contributed by atoms with van der Waals surface area (Å²) in [6.07, 6.45) is 3.30. The molecule has 0 saturated heterocycles. The van der Waals surface area contributed by atoms with Crippen molar-refractivity contribution in [3.8, 4) is 0 Å². The Kier molecular flexibility index (Phi) is 7.22. The highest BCUT2D eigenvalue weighted by Gasteiger charge is 2.20. The Balaban J connectivity index is 2.62. The van der Waals surface area contributed by atoms with Crippen molar-refractivity contribution in [1.82, 2.24) is 4.90 Å². The van der Waals surface area contributed by atoms with Gasteiger partial charge in [0.1, 0.15) is 5.60 Å². The molecular weight excluding hydrogens is 276 g/mol. The van der Waals surface area contributed by atoms with E-state index in [1.54, 1.807) is 11.9 Å².